The van der Waals surface area contributed by atoms with Gasteiger partial charge in [-0.3, -0.25) is 5.43 Å². The van der Waals surface area contributed by atoms with Gasteiger partial charge in [-0.2, -0.15) is 5.10 Å². The minimum Gasteiger partial charge on any atom is -0.507 e. The van der Waals surface area contributed by atoms with E-state index < -0.39 is 0 Å². The van der Waals surface area contributed by atoms with Crippen LogP contribution in [0.15, 0.2) is 23.3 Å². The molecule has 5 heteroatoms. The van der Waals surface area contributed by atoms with Crippen molar-refractivity contribution in [2.75, 3.05) is 0 Å². The van der Waals surface area contributed by atoms with Gasteiger partial charge in [0, 0.05) is 5.56 Å². The number of hydrazone groups is 1. The molecule has 0 aliphatic heterocycles. The summed E-state index contributed by atoms with van der Waals surface area (Å²) in [7, 11) is 0. The van der Waals surface area contributed by atoms with Crippen LogP contribution >= 0.6 is 12.2 Å². The molecule has 1 aromatic carbocycles. The Bertz CT molecular complexity index is 376. The number of hydrogen-bond donors (Lipinski definition) is 3. The Balaban J connectivity index is 2.76. The molecule has 0 radical (unpaired) electrons. The van der Waals surface area contributed by atoms with Crippen molar-refractivity contribution in [1.29, 1.82) is 0 Å². The van der Waals surface area contributed by atoms with Crippen molar-refractivity contribution in [3.8, 4) is 5.75 Å². The van der Waals surface area contributed by atoms with Gasteiger partial charge in [-0.1, -0.05) is 6.07 Å². The molecule has 0 aliphatic rings. The molecule has 0 saturated carbocycles. The molecule has 0 fully saturated rings. The van der Waals surface area contributed by atoms with E-state index in [1.807, 2.05) is 13.0 Å². The first-order chi connectivity index (χ1) is 6.59. The second kappa shape index (κ2) is 4.57. The van der Waals surface area contributed by atoms with E-state index in [9.17, 15) is 5.11 Å². The number of phenolic OH excluding ortho intramolecular Hbond substituents is 1. The number of benzene rings is 1. The lowest BCUT2D eigenvalue weighted by Crippen LogP contribution is -2.23. The SMILES string of the molecule is Cc1ccc(C=NNC(N)=S)c(O)c1. The Morgan fingerprint density at radius 3 is 2.93 bits per heavy atom. The quantitative estimate of drug-likeness (QED) is 0.384. The van der Waals surface area contributed by atoms with Crippen molar-refractivity contribution < 1.29 is 5.11 Å². The lowest BCUT2D eigenvalue weighted by Gasteiger charge is -1.99. The van der Waals surface area contributed by atoms with Crippen molar-refractivity contribution in [2.45, 2.75) is 6.92 Å². The number of phenols is 1. The molecule has 0 aromatic heterocycles. The van der Waals surface area contributed by atoms with Crippen LogP contribution in [-0.2, 0) is 0 Å². The maximum atomic E-state index is 9.47. The van der Waals surface area contributed by atoms with Gasteiger partial charge < -0.3 is 10.8 Å². The zero-order valence-corrected chi connectivity index (χ0v) is 8.51. The van der Waals surface area contributed by atoms with E-state index in [2.05, 4.69) is 22.7 Å². The third kappa shape index (κ3) is 3.02. The highest BCUT2D eigenvalue weighted by Crippen LogP contribution is 2.15. The van der Waals surface area contributed by atoms with Gasteiger partial charge >= 0.3 is 0 Å². The molecule has 14 heavy (non-hydrogen) atoms. The molecule has 0 bridgehead atoms. The van der Waals surface area contributed by atoms with Crippen molar-refractivity contribution in [3.05, 3.63) is 29.3 Å². The molecule has 0 unspecified atom stereocenters. The molecular formula is C9H11N3OS. The van der Waals surface area contributed by atoms with E-state index in [1.165, 1.54) is 6.21 Å². The van der Waals surface area contributed by atoms with Gasteiger partial charge in [-0.25, -0.2) is 0 Å². The number of nitrogens with two attached hydrogens (primary N) is 1. The summed E-state index contributed by atoms with van der Waals surface area (Å²) in [6.45, 7) is 1.90. The molecule has 4 nitrogen and oxygen atoms in total. The molecule has 74 valence electrons. The number of rotatable bonds is 2. The minimum absolute atomic E-state index is 0.0906. The van der Waals surface area contributed by atoms with E-state index in [0.29, 0.717) is 5.56 Å². The summed E-state index contributed by atoms with van der Waals surface area (Å²) in [6, 6.07) is 5.29. The topological polar surface area (TPSA) is 70.6 Å². The van der Waals surface area contributed by atoms with Gasteiger partial charge in [-0.05, 0) is 36.8 Å². The average molecular weight is 209 g/mol. The van der Waals surface area contributed by atoms with Crippen LogP contribution in [0, 0.1) is 6.92 Å². The number of nitrogens with one attached hydrogen (secondary N) is 1. The highest BCUT2D eigenvalue weighted by Gasteiger charge is 1.96. The molecule has 0 saturated heterocycles. The molecule has 0 aliphatic carbocycles. The molecule has 1 rings (SSSR count). The third-order valence-electron chi connectivity index (χ3n) is 1.56. The minimum atomic E-state index is 0.0906. The fourth-order valence-corrected chi connectivity index (χ4v) is 0.981. The van der Waals surface area contributed by atoms with Gasteiger partial charge in [-0.15, -0.1) is 0 Å². The predicted molar refractivity (Wildman–Crippen MR) is 60.4 cm³/mol. The summed E-state index contributed by atoms with van der Waals surface area (Å²) in [5.74, 6) is 0.179. The molecule has 4 N–H and O–H groups in total. The summed E-state index contributed by atoms with van der Waals surface area (Å²) in [5.41, 5.74) is 9.16. The Morgan fingerprint density at radius 2 is 2.36 bits per heavy atom. The fourth-order valence-electron chi connectivity index (χ4n) is 0.928. The monoisotopic (exact) mass is 209 g/mol. The molecule has 0 spiro atoms. The van der Waals surface area contributed by atoms with Crippen LogP contribution in [0.25, 0.3) is 0 Å². The maximum Gasteiger partial charge on any atom is 0.184 e. The predicted octanol–water partition coefficient (Wildman–Crippen LogP) is 0.868. The van der Waals surface area contributed by atoms with Crippen LogP contribution in [0.5, 0.6) is 5.75 Å². The van der Waals surface area contributed by atoms with Crippen molar-refractivity contribution in [1.82, 2.24) is 5.43 Å². The van der Waals surface area contributed by atoms with Crippen molar-refractivity contribution >= 4 is 23.5 Å². The van der Waals surface area contributed by atoms with Gasteiger partial charge in [0.25, 0.3) is 0 Å². The second-order valence-corrected chi connectivity index (χ2v) is 3.24. The zero-order valence-electron chi connectivity index (χ0n) is 7.69. The maximum absolute atomic E-state index is 9.47. The lowest BCUT2D eigenvalue weighted by atomic mass is 10.1. The van der Waals surface area contributed by atoms with E-state index in [-0.39, 0.29) is 10.9 Å². The summed E-state index contributed by atoms with van der Waals surface area (Å²) in [6.07, 6.45) is 1.45. The first kappa shape index (κ1) is 10.5. The van der Waals surface area contributed by atoms with Crippen LogP contribution in [0.2, 0.25) is 0 Å². The first-order valence-corrected chi connectivity index (χ1v) is 4.38. The van der Waals surface area contributed by atoms with E-state index in [4.69, 9.17) is 5.73 Å². The Kier molecular flexibility index (Phi) is 3.41. The number of hydrogen-bond acceptors (Lipinski definition) is 3. The van der Waals surface area contributed by atoms with Crippen LogP contribution in [-0.4, -0.2) is 16.4 Å². The summed E-state index contributed by atoms with van der Waals surface area (Å²) in [4.78, 5) is 0. The van der Waals surface area contributed by atoms with Crippen LogP contribution < -0.4 is 11.2 Å². The Labute approximate surface area is 87.4 Å². The second-order valence-electron chi connectivity index (χ2n) is 2.80. The Hall–Kier alpha value is -1.62. The molecular weight excluding hydrogens is 198 g/mol. The summed E-state index contributed by atoms with van der Waals surface area (Å²) < 4.78 is 0. The van der Waals surface area contributed by atoms with Crippen LogP contribution in [0.4, 0.5) is 0 Å². The number of nitrogens with zero attached hydrogens (tertiary/aromatic N) is 1. The number of aryl methyl sites for hydroxylation is 1. The van der Waals surface area contributed by atoms with E-state index in [0.717, 1.165) is 5.56 Å². The summed E-state index contributed by atoms with van der Waals surface area (Å²) in [5, 5.41) is 13.3. The lowest BCUT2D eigenvalue weighted by molar-refractivity contribution is 0.474. The third-order valence-corrected chi connectivity index (χ3v) is 1.66. The first-order valence-electron chi connectivity index (χ1n) is 3.97. The van der Waals surface area contributed by atoms with E-state index >= 15 is 0 Å². The number of thiocarbonyl (C=S) groups is 1. The van der Waals surface area contributed by atoms with Crippen molar-refractivity contribution in [3.63, 3.8) is 0 Å². The smallest absolute Gasteiger partial charge is 0.184 e. The standard InChI is InChI=1S/C9H11N3OS/c1-6-2-3-7(8(13)4-6)5-11-12-9(10)14/h2-5,13H,1H3,(H3,10,12,14). The number of aromatic hydroxyl groups is 1. The van der Waals surface area contributed by atoms with Crippen molar-refractivity contribution in [2.24, 2.45) is 10.8 Å². The molecule has 0 amide bonds. The van der Waals surface area contributed by atoms with Gasteiger partial charge in [0.2, 0.25) is 0 Å². The molecule has 0 atom stereocenters. The molecule has 1 aromatic rings. The van der Waals surface area contributed by atoms with Crippen LogP contribution in [0.3, 0.4) is 0 Å². The van der Waals surface area contributed by atoms with Gasteiger partial charge in [0.05, 0.1) is 6.21 Å². The van der Waals surface area contributed by atoms with Crippen LogP contribution in [0.1, 0.15) is 11.1 Å². The largest absolute Gasteiger partial charge is 0.507 e. The fraction of sp³-hybridized carbons (Fsp3) is 0.111. The average Bonchev–Trinajstić information content (AvgIpc) is 2.08. The molecule has 0 heterocycles. The van der Waals surface area contributed by atoms with Gasteiger partial charge in [0.1, 0.15) is 5.75 Å². The normalized spacial score (nSPS) is 10.4. The Morgan fingerprint density at radius 1 is 1.64 bits per heavy atom. The highest BCUT2D eigenvalue weighted by molar-refractivity contribution is 7.80. The highest BCUT2D eigenvalue weighted by atomic mass is 32.1. The summed E-state index contributed by atoms with van der Waals surface area (Å²) >= 11 is 4.55. The van der Waals surface area contributed by atoms with Gasteiger partial charge in [0.15, 0.2) is 5.11 Å². The zero-order chi connectivity index (χ0) is 10.6. The van der Waals surface area contributed by atoms with E-state index in [1.54, 1.807) is 12.1 Å².